The molecular formula is C13H17ClF3N3O2. The monoisotopic (exact) mass is 339 g/mol. The van der Waals surface area contributed by atoms with Crippen molar-refractivity contribution in [2.24, 2.45) is 5.73 Å². The van der Waals surface area contributed by atoms with Gasteiger partial charge >= 0.3 is 6.18 Å². The average Bonchev–Trinajstić information content (AvgIpc) is 2.43. The van der Waals surface area contributed by atoms with Gasteiger partial charge in [-0.2, -0.15) is 13.2 Å². The van der Waals surface area contributed by atoms with E-state index in [9.17, 15) is 22.8 Å². The Labute approximate surface area is 131 Å². The lowest BCUT2D eigenvalue weighted by atomic mass is 10.1. The zero-order valence-corrected chi connectivity index (χ0v) is 12.4. The summed E-state index contributed by atoms with van der Waals surface area (Å²) in [5.74, 6) is -0.896. The Morgan fingerprint density at radius 1 is 1.09 bits per heavy atom. The molecule has 0 aromatic heterocycles. The van der Waals surface area contributed by atoms with Crippen LogP contribution in [0.4, 0.5) is 18.9 Å². The minimum Gasteiger partial charge on any atom is -0.346 e. The molecule has 4 N–H and O–H groups in total. The second kappa shape index (κ2) is 9.26. The first-order valence-electron chi connectivity index (χ1n) is 6.22. The molecule has 22 heavy (non-hydrogen) atoms. The standard InChI is InChI=1S/C13H16F3N3O2.ClH/c14-13(15,16)6-5-9-1-3-10(4-2-9)19-12(21)8-18-11(20)7-17;/h1-4H,5-8,17H2,(H,18,20)(H,19,21);1H. The molecule has 1 aromatic rings. The highest BCUT2D eigenvalue weighted by Crippen LogP contribution is 2.22. The molecule has 0 aliphatic rings. The van der Waals surface area contributed by atoms with E-state index in [-0.39, 0.29) is 31.9 Å². The van der Waals surface area contributed by atoms with Crippen LogP contribution in [-0.2, 0) is 16.0 Å². The van der Waals surface area contributed by atoms with Gasteiger partial charge in [-0.15, -0.1) is 12.4 Å². The lowest BCUT2D eigenvalue weighted by Gasteiger charge is -2.08. The largest absolute Gasteiger partial charge is 0.389 e. The molecule has 2 amide bonds. The Bertz CT molecular complexity index is 492. The van der Waals surface area contributed by atoms with Crippen LogP contribution < -0.4 is 16.4 Å². The van der Waals surface area contributed by atoms with Gasteiger partial charge < -0.3 is 16.4 Å². The molecule has 0 aliphatic carbocycles. The van der Waals surface area contributed by atoms with Gasteiger partial charge in [-0.1, -0.05) is 12.1 Å². The SMILES string of the molecule is Cl.NCC(=O)NCC(=O)Nc1ccc(CCC(F)(F)F)cc1. The lowest BCUT2D eigenvalue weighted by molar-refractivity contribution is -0.134. The normalized spacial score (nSPS) is 10.5. The van der Waals surface area contributed by atoms with Gasteiger partial charge in [-0.05, 0) is 24.1 Å². The van der Waals surface area contributed by atoms with Crippen molar-refractivity contribution in [1.29, 1.82) is 0 Å². The summed E-state index contributed by atoms with van der Waals surface area (Å²) in [5.41, 5.74) is 6.03. The first-order chi connectivity index (χ1) is 9.80. The van der Waals surface area contributed by atoms with E-state index in [0.29, 0.717) is 11.3 Å². The van der Waals surface area contributed by atoms with E-state index < -0.39 is 24.4 Å². The average molecular weight is 340 g/mol. The van der Waals surface area contributed by atoms with Crippen LogP contribution in [0.3, 0.4) is 0 Å². The fraction of sp³-hybridized carbons (Fsp3) is 0.385. The smallest absolute Gasteiger partial charge is 0.346 e. The summed E-state index contributed by atoms with van der Waals surface area (Å²) >= 11 is 0. The molecule has 0 saturated heterocycles. The Balaban J connectivity index is 0.00000441. The molecule has 1 rings (SSSR count). The van der Waals surface area contributed by atoms with E-state index in [1.54, 1.807) is 0 Å². The second-order valence-corrected chi connectivity index (χ2v) is 4.34. The fourth-order valence-corrected chi connectivity index (χ4v) is 1.50. The van der Waals surface area contributed by atoms with Crippen molar-refractivity contribution in [3.63, 3.8) is 0 Å². The number of nitrogens with one attached hydrogen (secondary N) is 2. The molecule has 0 fully saturated rings. The predicted molar refractivity (Wildman–Crippen MR) is 78.8 cm³/mol. The van der Waals surface area contributed by atoms with Gasteiger partial charge in [0, 0.05) is 12.1 Å². The van der Waals surface area contributed by atoms with E-state index >= 15 is 0 Å². The quantitative estimate of drug-likeness (QED) is 0.736. The Morgan fingerprint density at radius 3 is 2.18 bits per heavy atom. The Hall–Kier alpha value is -1.80. The Kier molecular flexibility index (Phi) is 8.51. The number of rotatable bonds is 6. The van der Waals surface area contributed by atoms with Gasteiger partial charge in [-0.3, -0.25) is 9.59 Å². The summed E-state index contributed by atoms with van der Waals surface area (Å²) in [6.45, 7) is -0.424. The number of alkyl halides is 3. The molecule has 9 heteroatoms. The first-order valence-corrected chi connectivity index (χ1v) is 6.22. The van der Waals surface area contributed by atoms with Gasteiger partial charge in [0.1, 0.15) is 0 Å². The van der Waals surface area contributed by atoms with Crippen LogP contribution >= 0.6 is 12.4 Å². The van der Waals surface area contributed by atoms with Gasteiger partial charge in [0.15, 0.2) is 0 Å². The zero-order chi connectivity index (χ0) is 15.9. The molecule has 1 aromatic carbocycles. The van der Waals surface area contributed by atoms with Crippen LogP contribution in [0.2, 0.25) is 0 Å². The molecule has 5 nitrogen and oxygen atoms in total. The summed E-state index contributed by atoms with van der Waals surface area (Å²) in [4.78, 5) is 22.3. The van der Waals surface area contributed by atoms with Crippen LogP contribution in [0.15, 0.2) is 24.3 Å². The van der Waals surface area contributed by atoms with Gasteiger partial charge in [0.2, 0.25) is 11.8 Å². The van der Waals surface area contributed by atoms with Gasteiger partial charge in [0.25, 0.3) is 0 Å². The third-order valence-corrected chi connectivity index (χ3v) is 2.57. The van der Waals surface area contributed by atoms with Crippen molar-refractivity contribution >= 4 is 29.9 Å². The van der Waals surface area contributed by atoms with E-state index in [4.69, 9.17) is 5.73 Å². The van der Waals surface area contributed by atoms with E-state index in [1.807, 2.05) is 0 Å². The third kappa shape index (κ3) is 8.48. The van der Waals surface area contributed by atoms with Crippen LogP contribution in [0.5, 0.6) is 0 Å². The molecule has 0 unspecified atom stereocenters. The number of nitrogens with two attached hydrogens (primary N) is 1. The number of hydrogen-bond acceptors (Lipinski definition) is 3. The number of aryl methyl sites for hydroxylation is 1. The van der Waals surface area contributed by atoms with Gasteiger partial charge in [-0.25, -0.2) is 0 Å². The number of amides is 2. The topological polar surface area (TPSA) is 84.2 Å². The van der Waals surface area contributed by atoms with Crippen molar-refractivity contribution in [2.75, 3.05) is 18.4 Å². The van der Waals surface area contributed by atoms with Crippen molar-refractivity contribution in [1.82, 2.24) is 5.32 Å². The molecule has 0 spiro atoms. The number of benzene rings is 1. The predicted octanol–water partition coefficient (Wildman–Crippen LogP) is 1.62. The Morgan fingerprint density at radius 2 is 1.68 bits per heavy atom. The minimum absolute atomic E-state index is 0. The van der Waals surface area contributed by atoms with Gasteiger partial charge in [0.05, 0.1) is 13.1 Å². The highest BCUT2D eigenvalue weighted by Gasteiger charge is 2.26. The number of anilines is 1. The maximum absolute atomic E-state index is 12.1. The molecule has 0 radical (unpaired) electrons. The molecule has 0 aliphatic heterocycles. The zero-order valence-electron chi connectivity index (χ0n) is 11.6. The van der Waals surface area contributed by atoms with Crippen LogP contribution in [-0.4, -0.2) is 31.1 Å². The lowest BCUT2D eigenvalue weighted by Crippen LogP contribution is -2.36. The minimum atomic E-state index is -4.19. The number of hydrogen-bond donors (Lipinski definition) is 3. The van der Waals surface area contributed by atoms with Crippen molar-refractivity contribution in [2.45, 2.75) is 19.0 Å². The molecule has 124 valence electrons. The first kappa shape index (κ1) is 20.2. The summed E-state index contributed by atoms with van der Waals surface area (Å²) in [6, 6.07) is 6.04. The summed E-state index contributed by atoms with van der Waals surface area (Å²) in [5, 5.41) is 4.80. The van der Waals surface area contributed by atoms with Crippen LogP contribution in [0, 0.1) is 0 Å². The highest BCUT2D eigenvalue weighted by atomic mass is 35.5. The van der Waals surface area contributed by atoms with Crippen molar-refractivity contribution < 1.29 is 22.8 Å². The van der Waals surface area contributed by atoms with Crippen LogP contribution in [0.25, 0.3) is 0 Å². The summed E-state index contributed by atoms with van der Waals surface area (Å²) < 4.78 is 36.2. The molecule has 0 saturated carbocycles. The molecule has 0 bridgehead atoms. The third-order valence-electron chi connectivity index (χ3n) is 2.57. The molecular weight excluding hydrogens is 323 g/mol. The maximum Gasteiger partial charge on any atom is 0.389 e. The van der Waals surface area contributed by atoms with E-state index in [2.05, 4.69) is 10.6 Å². The number of halogens is 4. The van der Waals surface area contributed by atoms with E-state index in [0.717, 1.165) is 0 Å². The molecule has 0 atom stereocenters. The molecule has 0 heterocycles. The van der Waals surface area contributed by atoms with Crippen LogP contribution in [0.1, 0.15) is 12.0 Å². The summed E-state index contributed by atoms with van der Waals surface area (Å²) in [7, 11) is 0. The van der Waals surface area contributed by atoms with E-state index in [1.165, 1.54) is 24.3 Å². The number of carbonyl (C=O) groups is 2. The fourth-order valence-electron chi connectivity index (χ4n) is 1.50. The second-order valence-electron chi connectivity index (χ2n) is 4.34. The summed E-state index contributed by atoms with van der Waals surface area (Å²) in [6.07, 6.45) is -5.18. The maximum atomic E-state index is 12.1. The highest BCUT2D eigenvalue weighted by molar-refractivity contribution is 5.94. The van der Waals surface area contributed by atoms with Crippen molar-refractivity contribution in [3.05, 3.63) is 29.8 Å². The van der Waals surface area contributed by atoms with Crippen molar-refractivity contribution in [3.8, 4) is 0 Å². The number of carbonyl (C=O) groups excluding carboxylic acids is 2.